The molecule has 0 saturated carbocycles. The van der Waals surface area contributed by atoms with Gasteiger partial charge in [-0.3, -0.25) is 0 Å². The smallest absolute Gasteiger partial charge is 0.154 e. The van der Waals surface area contributed by atoms with Gasteiger partial charge in [0.05, 0.1) is 5.71 Å². The summed E-state index contributed by atoms with van der Waals surface area (Å²) in [5, 5.41) is 10.7. The van der Waals surface area contributed by atoms with Crippen molar-refractivity contribution in [1.82, 2.24) is 5.32 Å². The zero-order valence-corrected chi connectivity index (χ0v) is 10.2. The number of rotatable bonds is 6. The largest absolute Gasteiger partial charge is 0.394 e. The van der Waals surface area contributed by atoms with Gasteiger partial charge in [0.2, 0.25) is 0 Å². The number of allylic oxidation sites excluding steroid dienone is 5. The average molecular weight is 204 g/mol. The van der Waals surface area contributed by atoms with E-state index in [1.807, 2.05) is 32.3 Å². The Morgan fingerprint density at radius 1 is 1.40 bits per heavy atom. The summed E-state index contributed by atoms with van der Waals surface area (Å²) < 4.78 is 0. The van der Waals surface area contributed by atoms with E-state index in [9.17, 15) is 0 Å². The Balaban J connectivity index is 4.45. The fraction of sp³-hybridized carbons (Fsp3) is 0.417. The van der Waals surface area contributed by atoms with Gasteiger partial charge < -0.3 is 10.7 Å². The molecule has 0 spiro atoms. The van der Waals surface area contributed by atoms with Crippen molar-refractivity contribution < 1.29 is 0 Å². The molecule has 0 aromatic carbocycles. The fourth-order valence-electron chi connectivity index (χ4n) is 1.21. The second kappa shape index (κ2) is 8.10. The number of hydrogen-bond donors (Lipinski definition) is 2. The molecular formula is C12H21BN2. The number of hydrogen-bond acceptors (Lipinski definition) is 2. The molecule has 15 heavy (non-hydrogen) atoms. The van der Waals surface area contributed by atoms with E-state index in [4.69, 9.17) is 5.41 Å². The van der Waals surface area contributed by atoms with E-state index in [0.717, 1.165) is 19.3 Å². The summed E-state index contributed by atoms with van der Waals surface area (Å²) in [6.45, 7) is 6.19. The minimum Gasteiger partial charge on any atom is -0.394 e. The summed E-state index contributed by atoms with van der Waals surface area (Å²) in [6.07, 6.45) is 8.96. The third-order valence-corrected chi connectivity index (χ3v) is 2.12. The zero-order chi connectivity index (χ0) is 11.7. The van der Waals surface area contributed by atoms with Crippen LogP contribution in [0.3, 0.4) is 0 Å². The first-order valence-electron chi connectivity index (χ1n) is 5.45. The second-order valence-electron chi connectivity index (χ2n) is 3.40. The molecule has 0 radical (unpaired) electrons. The van der Waals surface area contributed by atoms with Crippen LogP contribution in [-0.2, 0) is 0 Å². The van der Waals surface area contributed by atoms with Gasteiger partial charge in [-0.25, -0.2) is 0 Å². The van der Waals surface area contributed by atoms with Crippen molar-refractivity contribution in [3.8, 4) is 0 Å². The highest BCUT2D eigenvalue weighted by Gasteiger charge is 1.94. The van der Waals surface area contributed by atoms with E-state index in [-0.39, 0.29) is 0 Å². The maximum absolute atomic E-state index is 7.78. The monoisotopic (exact) mass is 204 g/mol. The first-order chi connectivity index (χ1) is 7.15. The standard InChI is InChI=1S/C12H21BN2/c1-5-6-11(13-3)7-8-12(14)10(2)9-15-4/h6-9,13-15H,5H2,1-4H3/b8-7-,10-9-,11-6-,14-12?. The number of nitrogens with one attached hydrogen (secondary N) is 2. The molecule has 0 aliphatic heterocycles. The SMILES string of the molecule is CBC(/C=C\C(=N)/C(C)=C\NC)=C\CC. The van der Waals surface area contributed by atoms with Gasteiger partial charge in [-0.15, -0.1) is 0 Å². The molecule has 0 saturated heterocycles. The van der Waals surface area contributed by atoms with E-state index in [0.29, 0.717) is 5.71 Å². The van der Waals surface area contributed by atoms with Gasteiger partial charge in [0, 0.05) is 13.2 Å². The Hall–Kier alpha value is -1.25. The van der Waals surface area contributed by atoms with Crippen LogP contribution in [-0.4, -0.2) is 20.0 Å². The Bertz CT molecular complexity index is 288. The van der Waals surface area contributed by atoms with Crippen molar-refractivity contribution in [2.45, 2.75) is 27.1 Å². The quantitative estimate of drug-likeness (QED) is 0.389. The van der Waals surface area contributed by atoms with E-state index in [2.05, 4.69) is 25.1 Å². The van der Waals surface area contributed by atoms with Crippen LogP contribution < -0.4 is 5.32 Å². The van der Waals surface area contributed by atoms with E-state index in [1.54, 1.807) is 0 Å². The molecule has 3 heteroatoms. The van der Waals surface area contributed by atoms with Crippen LogP contribution in [0.1, 0.15) is 20.3 Å². The fourth-order valence-corrected chi connectivity index (χ4v) is 1.21. The summed E-state index contributed by atoms with van der Waals surface area (Å²) in [5.41, 5.74) is 2.79. The molecule has 82 valence electrons. The molecule has 0 aromatic heterocycles. The molecule has 0 amide bonds. The van der Waals surface area contributed by atoms with Crippen molar-refractivity contribution in [2.24, 2.45) is 0 Å². The Kier molecular flexibility index (Phi) is 7.42. The lowest BCUT2D eigenvalue weighted by Crippen LogP contribution is -2.01. The summed E-state index contributed by atoms with van der Waals surface area (Å²) in [4.78, 5) is 0. The van der Waals surface area contributed by atoms with Crippen LogP contribution in [0.2, 0.25) is 6.82 Å². The van der Waals surface area contributed by atoms with Gasteiger partial charge in [0.15, 0.2) is 7.28 Å². The van der Waals surface area contributed by atoms with Crippen molar-refractivity contribution in [1.29, 1.82) is 5.41 Å². The molecule has 0 bridgehead atoms. The average Bonchev–Trinajstić information content (AvgIpc) is 2.24. The van der Waals surface area contributed by atoms with Gasteiger partial charge in [-0.1, -0.05) is 31.4 Å². The Labute approximate surface area is 93.9 Å². The van der Waals surface area contributed by atoms with Crippen molar-refractivity contribution >= 4 is 13.0 Å². The van der Waals surface area contributed by atoms with Crippen LogP contribution in [0.25, 0.3) is 0 Å². The lowest BCUT2D eigenvalue weighted by molar-refractivity contribution is 1.09. The third kappa shape index (κ3) is 5.94. The van der Waals surface area contributed by atoms with Crippen LogP contribution in [0, 0.1) is 5.41 Å². The molecule has 0 aliphatic rings. The summed E-state index contributed by atoms with van der Waals surface area (Å²) in [7, 11) is 2.86. The Morgan fingerprint density at radius 3 is 2.53 bits per heavy atom. The normalized spacial score (nSPS) is 13.1. The molecule has 0 unspecified atom stereocenters. The molecule has 0 atom stereocenters. The highest BCUT2D eigenvalue weighted by atomic mass is 14.8. The Morgan fingerprint density at radius 2 is 2.07 bits per heavy atom. The molecule has 0 aromatic rings. The summed E-state index contributed by atoms with van der Waals surface area (Å²) in [6, 6.07) is 0. The molecule has 2 nitrogen and oxygen atoms in total. The van der Waals surface area contributed by atoms with Gasteiger partial charge in [-0.05, 0) is 25.0 Å². The maximum atomic E-state index is 7.78. The van der Waals surface area contributed by atoms with Crippen LogP contribution in [0.15, 0.2) is 35.5 Å². The van der Waals surface area contributed by atoms with Crippen LogP contribution in [0.4, 0.5) is 0 Å². The van der Waals surface area contributed by atoms with Crippen LogP contribution >= 0.6 is 0 Å². The van der Waals surface area contributed by atoms with Crippen molar-refractivity contribution in [2.75, 3.05) is 7.05 Å². The highest BCUT2D eigenvalue weighted by molar-refractivity contribution is 6.44. The van der Waals surface area contributed by atoms with Crippen LogP contribution in [0.5, 0.6) is 0 Å². The predicted octanol–water partition coefficient (Wildman–Crippen LogP) is 2.46. The summed E-state index contributed by atoms with van der Waals surface area (Å²) >= 11 is 0. The molecule has 0 aliphatic carbocycles. The van der Waals surface area contributed by atoms with E-state index in [1.165, 1.54) is 5.47 Å². The molecule has 0 heterocycles. The third-order valence-electron chi connectivity index (χ3n) is 2.12. The van der Waals surface area contributed by atoms with Gasteiger partial charge in [0.25, 0.3) is 0 Å². The maximum Gasteiger partial charge on any atom is 0.154 e. The highest BCUT2D eigenvalue weighted by Crippen LogP contribution is 2.01. The van der Waals surface area contributed by atoms with Crippen molar-refractivity contribution in [3.05, 3.63) is 35.5 Å². The minimum absolute atomic E-state index is 0.555. The van der Waals surface area contributed by atoms with Gasteiger partial charge in [-0.2, -0.15) is 0 Å². The van der Waals surface area contributed by atoms with E-state index >= 15 is 0 Å². The second-order valence-corrected chi connectivity index (χ2v) is 3.40. The first kappa shape index (κ1) is 13.8. The molecule has 2 N–H and O–H groups in total. The lowest BCUT2D eigenvalue weighted by atomic mass is 9.72. The minimum atomic E-state index is 0.555. The zero-order valence-electron chi connectivity index (χ0n) is 10.2. The first-order valence-corrected chi connectivity index (χ1v) is 5.45. The van der Waals surface area contributed by atoms with Crippen molar-refractivity contribution in [3.63, 3.8) is 0 Å². The van der Waals surface area contributed by atoms with Gasteiger partial charge in [0.1, 0.15) is 0 Å². The molecule has 0 rings (SSSR count). The van der Waals surface area contributed by atoms with E-state index < -0.39 is 0 Å². The predicted molar refractivity (Wildman–Crippen MR) is 71.1 cm³/mol. The molecule has 0 fully saturated rings. The molecular weight excluding hydrogens is 183 g/mol. The summed E-state index contributed by atoms with van der Waals surface area (Å²) in [5.74, 6) is 0. The lowest BCUT2D eigenvalue weighted by Gasteiger charge is -1.99. The van der Waals surface area contributed by atoms with Gasteiger partial charge >= 0.3 is 0 Å². The topological polar surface area (TPSA) is 35.9 Å².